The topological polar surface area (TPSA) is 43.8 Å². The Labute approximate surface area is 85.3 Å². The summed E-state index contributed by atoms with van der Waals surface area (Å²) < 4.78 is 2.04. The van der Waals surface area contributed by atoms with Crippen molar-refractivity contribution in [1.82, 2.24) is 9.78 Å². The predicted octanol–water partition coefficient (Wildman–Crippen LogP) is 2.61. The Bertz CT molecular complexity index is 284. The van der Waals surface area contributed by atoms with Gasteiger partial charge in [-0.05, 0) is 37.7 Å². The molecule has 1 aromatic heterocycles. The molecule has 78 valence electrons. The summed E-state index contributed by atoms with van der Waals surface area (Å²) in [4.78, 5) is 0. The van der Waals surface area contributed by atoms with Gasteiger partial charge in [-0.2, -0.15) is 5.10 Å². The van der Waals surface area contributed by atoms with Crippen molar-refractivity contribution in [3.8, 4) is 0 Å². The van der Waals surface area contributed by atoms with Crippen LogP contribution in [0.5, 0.6) is 0 Å². The first-order valence-electron chi connectivity index (χ1n) is 5.60. The maximum atomic E-state index is 5.61. The highest BCUT2D eigenvalue weighted by Crippen LogP contribution is 2.33. The number of hydrogen-bond acceptors (Lipinski definition) is 2. The number of nitrogens with zero attached hydrogens (tertiary/aromatic N) is 2. The molecule has 1 aromatic rings. The molecule has 1 aliphatic rings. The average molecular weight is 193 g/mol. The highest BCUT2D eigenvalue weighted by atomic mass is 15.3. The van der Waals surface area contributed by atoms with Crippen molar-refractivity contribution in [3.05, 3.63) is 12.3 Å². The highest BCUT2D eigenvalue weighted by Gasteiger charge is 2.21. The van der Waals surface area contributed by atoms with Crippen molar-refractivity contribution < 1.29 is 0 Å². The van der Waals surface area contributed by atoms with Crippen molar-refractivity contribution >= 4 is 5.82 Å². The number of nitrogen functional groups attached to an aromatic ring is 1. The molecule has 3 nitrogen and oxygen atoms in total. The van der Waals surface area contributed by atoms with Crippen LogP contribution in [-0.4, -0.2) is 9.78 Å². The largest absolute Gasteiger partial charge is 0.382 e. The Morgan fingerprint density at radius 2 is 2.14 bits per heavy atom. The van der Waals surface area contributed by atoms with Gasteiger partial charge in [0.15, 0.2) is 0 Å². The minimum atomic E-state index is 0.593. The van der Waals surface area contributed by atoms with Crippen molar-refractivity contribution in [2.24, 2.45) is 5.92 Å². The molecule has 1 fully saturated rings. The van der Waals surface area contributed by atoms with Gasteiger partial charge < -0.3 is 5.73 Å². The van der Waals surface area contributed by atoms with E-state index < -0.39 is 0 Å². The Morgan fingerprint density at radius 3 is 2.64 bits per heavy atom. The van der Waals surface area contributed by atoms with E-state index in [2.05, 4.69) is 12.0 Å². The van der Waals surface area contributed by atoms with Gasteiger partial charge >= 0.3 is 0 Å². The van der Waals surface area contributed by atoms with Crippen LogP contribution in [-0.2, 0) is 0 Å². The molecule has 0 radical (unpaired) electrons. The zero-order valence-electron chi connectivity index (χ0n) is 8.82. The minimum Gasteiger partial charge on any atom is -0.382 e. The molecular weight excluding hydrogens is 174 g/mol. The third-order valence-electron chi connectivity index (χ3n) is 3.40. The van der Waals surface area contributed by atoms with Gasteiger partial charge in [0.05, 0.1) is 6.04 Å². The summed E-state index contributed by atoms with van der Waals surface area (Å²) in [6, 6.07) is 2.47. The molecule has 0 unspecified atom stereocenters. The van der Waals surface area contributed by atoms with Crippen LogP contribution >= 0.6 is 0 Å². The number of rotatable bonds is 2. The fourth-order valence-corrected chi connectivity index (χ4v) is 2.37. The zero-order chi connectivity index (χ0) is 9.97. The Kier molecular flexibility index (Phi) is 2.75. The second-order valence-electron chi connectivity index (χ2n) is 4.30. The molecule has 0 amide bonds. The van der Waals surface area contributed by atoms with Gasteiger partial charge in [0, 0.05) is 6.20 Å². The SMILES string of the molecule is CCC1CCC(n2ccc(N)n2)CC1. The molecule has 14 heavy (non-hydrogen) atoms. The Morgan fingerprint density at radius 1 is 1.43 bits per heavy atom. The van der Waals surface area contributed by atoms with Crippen LogP contribution in [0.3, 0.4) is 0 Å². The van der Waals surface area contributed by atoms with E-state index in [0.29, 0.717) is 11.9 Å². The number of aromatic nitrogens is 2. The lowest BCUT2D eigenvalue weighted by atomic mass is 9.85. The van der Waals surface area contributed by atoms with Gasteiger partial charge in [-0.15, -0.1) is 0 Å². The third kappa shape index (κ3) is 1.91. The lowest BCUT2D eigenvalue weighted by Crippen LogP contribution is -2.18. The monoisotopic (exact) mass is 193 g/mol. The molecule has 0 bridgehead atoms. The molecule has 0 atom stereocenters. The first-order chi connectivity index (χ1) is 6.79. The molecule has 0 aromatic carbocycles. The Balaban J connectivity index is 1.95. The minimum absolute atomic E-state index is 0.593. The summed E-state index contributed by atoms with van der Waals surface area (Å²) in [6.07, 6.45) is 8.56. The Hall–Kier alpha value is -0.990. The molecule has 2 rings (SSSR count). The summed E-state index contributed by atoms with van der Waals surface area (Å²) in [5, 5.41) is 4.28. The lowest BCUT2D eigenvalue weighted by Gasteiger charge is -2.27. The van der Waals surface area contributed by atoms with Crippen LogP contribution in [0.15, 0.2) is 12.3 Å². The number of nitrogens with two attached hydrogens (primary N) is 1. The fourth-order valence-electron chi connectivity index (χ4n) is 2.37. The predicted molar refractivity (Wildman–Crippen MR) is 57.9 cm³/mol. The van der Waals surface area contributed by atoms with Gasteiger partial charge in [-0.25, -0.2) is 0 Å². The van der Waals surface area contributed by atoms with Gasteiger partial charge in [0.1, 0.15) is 5.82 Å². The second kappa shape index (κ2) is 4.03. The quantitative estimate of drug-likeness (QED) is 0.784. The maximum Gasteiger partial charge on any atom is 0.145 e. The van der Waals surface area contributed by atoms with Gasteiger partial charge in [0.25, 0.3) is 0 Å². The molecule has 0 spiro atoms. The summed E-state index contributed by atoms with van der Waals surface area (Å²) in [6.45, 7) is 2.29. The normalized spacial score (nSPS) is 27.8. The molecule has 0 aliphatic heterocycles. The number of hydrogen-bond donors (Lipinski definition) is 1. The lowest BCUT2D eigenvalue weighted by molar-refractivity contribution is 0.256. The summed E-state index contributed by atoms with van der Waals surface area (Å²) >= 11 is 0. The van der Waals surface area contributed by atoms with E-state index in [1.165, 1.54) is 32.1 Å². The first kappa shape index (κ1) is 9.56. The molecule has 2 N–H and O–H groups in total. The zero-order valence-corrected chi connectivity index (χ0v) is 8.82. The third-order valence-corrected chi connectivity index (χ3v) is 3.40. The molecule has 1 saturated carbocycles. The first-order valence-corrected chi connectivity index (χ1v) is 5.60. The van der Waals surface area contributed by atoms with Crippen LogP contribution in [0.4, 0.5) is 5.82 Å². The van der Waals surface area contributed by atoms with E-state index in [1.54, 1.807) is 0 Å². The van der Waals surface area contributed by atoms with E-state index in [4.69, 9.17) is 5.73 Å². The summed E-state index contributed by atoms with van der Waals surface area (Å²) in [5.41, 5.74) is 5.61. The average Bonchev–Trinajstić information content (AvgIpc) is 2.65. The molecular formula is C11H19N3. The molecule has 1 heterocycles. The number of anilines is 1. The van der Waals surface area contributed by atoms with Gasteiger partial charge in [-0.1, -0.05) is 13.3 Å². The molecule has 3 heteroatoms. The summed E-state index contributed by atoms with van der Waals surface area (Å²) in [5.74, 6) is 1.58. The summed E-state index contributed by atoms with van der Waals surface area (Å²) in [7, 11) is 0. The fraction of sp³-hybridized carbons (Fsp3) is 0.727. The highest BCUT2D eigenvalue weighted by molar-refractivity contribution is 5.24. The maximum absolute atomic E-state index is 5.61. The molecule has 1 aliphatic carbocycles. The van der Waals surface area contributed by atoms with Gasteiger partial charge in [-0.3, -0.25) is 4.68 Å². The van der Waals surface area contributed by atoms with E-state index in [9.17, 15) is 0 Å². The molecule has 0 saturated heterocycles. The van der Waals surface area contributed by atoms with Crippen LogP contribution < -0.4 is 5.73 Å². The van der Waals surface area contributed by atoms with Crippen LogP contribution in [0.2, 0.25) is 0 Å². The van der Waals surface area contributed by atoms with E-state index in [0.717, 1.165) is 5.92 Å². The van der Waals surface area contributed by atoms with Crippen LogP contribution in [0, 0.1) is 5.92 Å². The van der Waals surface area contributed by atoms with Crippen LogP contribution in [0.1, 0.15) is 45.1 Å². The van der Waals surface area contributed by atoms with Crippen LogP contribution in [0.25, 0.3) is 0 Å². The van der Waals surface area contributed by atoms with E-state index in [1.807, 2.05) is 16.9 Å². The van der Waals surface area contributed by atoms with Crippen molar-refractivity contribution in [1.29, 1.82) is 0 Å². The van der Waals surface area contributed by atoms with E-state index >= 15 is 0 Å². The van der Waals surface area contributed by atoms with Crippen molar-refractivity contribution in [2.45, 2.75) is 45.1 Å². The smallest absolute Gasteiger partial charge is 0.145 e. The van der Waals surface area contributed by atoms with E-state index in [-0.39, 0.29) is 0 Å². The second-order valence-corrected chi connectivity index (χ2v) is 4.30. The van der Waals surface area contributed by atoms with Crippen molar-refractivity contribution in [3.63, 3.8) is 0 Å². The standard InChI is InChI=1S/C11H19N3/c1-2-9-3-5-10(6-4-9)14-8-7-11(12)13-14/h7-10H,2-6H2,1H3,(H2,12,13). The van der Waals surface area contributed by atoms with Gasteiger partial charge in [0.2, 0.25) is 0 Å². The van der Waals surface area contributed by atoms with Crippen molar-refractivity contribution in [2.75, 3.05) is 5.73 Å².